The van der Waals surface area contributed by atoms with Crippen LogP contribution in [-0.2, 0) is 4.79 Å². The van der Waals surface area contributed by atoms with Crippen molar-refractivity contribution in [3.8, 4) is 5.75 Å². The number of aryl methyl sites for hydroxylation is 1. The number of hydrogen-bond acceptors (Lipinski definition) is 4. The average molecular weight is 402 g/mol. The van der Waals surface area contributed by atoms with Gasteiger partial charge >= 0.3 is 0 Å². The molecule has 0 aliphatic carbocycles. The maximum Gasteiger partial charge on any atom is 0.280 e. The Hall–Kier alpha value is -1.37. The lowest BCUT2D eigenvalue weighted by Gasteiger charge is -2.14. The lowest BCUT2D eigenvalue weighted by Crippen LogP contribution is -2.33. The van der Waals surface area contributed by atoms with Gasteiger partial charge in [-0.25, -0.2) is 5.43 Å². The molecule has 1 aromatic heterocycles. The summed E-state index contributed by atoms with van der Waals surface area (Å²) in [5, 5.41) is 4.55. The number of nitrogens with zero attached hydrogens (tertiary/aromatic N) is 1. The Kier molecular flexibility index (Phi) is 5.99. The number of hydrogen-bond donors (Lipinski definition) is 1. The van der Waals surface area contributed by atoms with Crippen molar-refractivity contribution in [2.45, 2.75) is 20.0 Å². The van der Waals surface area contributed by atoms with Crippen molar-refractivity contribution in [3.63, 3.8) is 0 Å². The van der Waals surface area contributed by atoms with E-state index in [1.807, 2.05) is 19.1 Å². The van der Waals surface area contributed by atoms with Gasteiger partial charge in [0, 0.05) is 9.90 Å². The van der Waals surface area contributed by atoms with E-state index in [-0.39, 0.29) is 5.91 Å². The lowest BCUT2D eigenvalue weighted by molar-refractivity contribution is -0.127. The van der Waals surface area contributed by atoms with Gasteiger partial charge in [0.15, 0.2) is 6.10 Å². The number of carbonyl (C=O) groups excluding carboxylic acids is 1. The molecule has 4 nitrogen and oxygen atoms in total. The van der Waals surface area contributed by atoms with Crippen LogP contribution in [0.15, 0.2) is 39.2 Å². The van der Waals surface area contributed by atoms with Gasteiger partial charge in [-0.05, 0) is 65.7 Å². The van der Waals surface area contributed by atoms with Gasteiger partial charge in [-0.1, -0.05) is 11.6 Å². The van der Waals surface area contributed by atoms with Crippen LogP contribution in [0.3, 0.4) is 0 Å². The largest absolute Gasteiger partial charge is 0.481 e. The zero-order valence-corrected chi connectivity index (χ0v) is 15.1. The van der Waals surface area contributed by atoms with Crippen molar-refractivity contribution in [3.05, 3.63) is 49.6 Å². The van der Waals surface area contributed by atoms with Gasteiger partial charge in [0.1, 0.15) is 5.75 Å². The number of hydrazone groups is 1. The maximum atomic E-state index is 11.9. The van der Waals surface area contributed by atoms with E-state index in [9.17, 15) is 4.79 Å². The van der Waals surface area contributed by atoms with Crippen LogP contribution in [0, 0.1) is 6.92 Å². The number of ether oxygens (including phenoxy) is 1. The minimum atomic E-state index is -0.660. The van der Waals surface area contributed by atoms with Crippen LogP contribution in [0.4, 0.5) is 0 Å². The Morgan fingerprint density at radius 2 is 2.23 bits per heavy atom. The molecule has 1 heterocycles. The SMILES string of the molecule is Cc1cc(Cl)ccc1OC(C)C(=O)N/N=C/c1ccc(Br)s1. The topological polar surface area (TPSA) is 50.7 Å². The van der Waals surface area contributed by atoms with Gasteiger partial charge < -0.3 is 4.74 Å². The monoisotopic (exact) mass is 400 g/mol. The van der Waals surface area contributed by atoms with E-state index in [0.717, 1.165) is 14.2 Å². The molecule has 0 saturated heterocycles. The fraction of sp³-hybridized carbons (Fsp3) is 0.200. The Balaban J connectivity index is 1.90. The zero-order chi connectivity index (χ0) is 16.1. The Bertz CT molecular complexity index is 703. The van der Waals surface area contributed by atoms with Gasteiger partial charge in [0.25, 0.3) is 5.91 Å². The highest BCUT2D eigenvalue weighted by Crippen LogP contribution is 2.23. The van der Waals surface area contributed by atoms with Crippen LogP contribution in [0.5, 0.6) is 5.75 Å². The second kappa shape index (κ2) is 7.76. The van der Waals surface area contributed by atoms with E-state index in [1.54, 1.807) is 31.3 Å². The first-order valence-electron chi connectivity index (χ1n) is 6.47. The van der Waals surface area contributed by atoms with E-state index in [2.05, 4.69) is 26.5 Å². The molecular weight excluding hydrogens is 388 g/mol. The molecule has 0 aliphatic rings. The van der Waals surface area contributed by atoms with E-state index in [0.29, 0.717) is 10.8 Å². The molecular formula is C15H14BrClN2O2S. The Labute approximate surface area is 146 Å². The van der Waals surface area contributed by atoms with E-state index in [1.165, 1.54) is 11.3 Å². The highest BCUT2D eigenvalue weighted by atomic mass is 79.9. The van der Waals surface area contributed by atoms with Crippen molar-refractivity contribution in [1.82, 2.24) is 5.43 Å². The number of amides is 1. The molecule has 0 spiro atoms. The van der Waals surface area contributed by atoms with Crippen LogP contribution >= 0.6 is 38.9 Å². The molecule has 1 aromatic carbocycles. The van der Waals surface area contributed by atoms with Crippen molar-refractivity contribution >= 4 is 51.0 Å². The quantitative estimate of drug-likeness (QED) is 0.597. The van der Waals surface area contributed by atoms with Gasteiger partial charge in [-0.3, -0.25) is 4.79 Å². The third-order valence-corrected chi connectivity index (χ3v) is 4.56. The summed E-state index contributed by atoms with van der Waals surface area (Å²) in [5.41, 5.74) is 3.34. The summed E-state index contributed by atoms with van der Waals surface area (Å²) in [6, 6.07) is 9.08. The summed E-state index contributed by atoms with van der Waals surface area (Å²) in [6.07, 6.45) is 0.931. The molecule has 1 atom stereocenters. The summed E-state index contributed by atoms with van der Waals surface area (Å²) in [6.45, 7) is 3.54. The van der Waals surface area contributed by atoms with E-state index in [4.69, 9.17) is 16.3 Å². The van der Waals surface area contributed by atoms with Crippen LogP contribution in [-0.4, -0.2) is 18.2 Å². The van der Waals surface area contributed by atoms with Crippen molar-refractivity contribution in [2.24, 2.45) is 5.10 Å². The molecule has 0 aliphatic heterocycles. The van der Waals surface area contributed by atoms with Gasteiger partial charge in [-0.2, -0.15) is 5.10 Å². The van der Waals surface area contributed by atoms with Crippen molar-refractivity contribution < 1.29 is 9.53 Å². The maximum absolute atomic E-state index is 11.9. The van der Waals surface area contributed by atoms with Crippen LogP contribution < -0.4 is 10.2 Å². The summed E-state index contributed by atoms with van der Waals surface area (Å²) < 4.78 is 6.63. The molecule has 0 radical (unpaired) electrons. The second-order valence-electron chi connectivity index (χ2n) is 4.55. The molecule has 116 valence electrons. The predicted molar refractivity (Wildman–Crippen MR) is 94.0 cm³/mol. The molecule has 1 unspecified atom stereocenters. The number of halogens is 2. The molecule has 0 bridgehead atoms. The minimum absolute atomic E-state index is 0.318. The van der Waals surface area contributed by atoms with Crippen LogP contribution in [0.2, 0.25) is 5.02 Å². The number of thiophene rings is 1. The first-order chi connectivity index (χ1) is 10.5. The highest BCUT2D eigenvalue weighted by Gasteiger charge is 2.15. The summed E-state index contributed by atoms with van der Waals surface area (Å²) >= 11 is 10.8. The molecule has 22 heavy (non-hydrogen) atoms. The second-order valence-corrected chi connectivity index (χ2v) is 7.48. The minimum Gasteiger partial charge on any atom is -0.481 e. The first kappa shape index (κ1) is 17.0. The Morgan fingerprint density at radius 3 is 2.86 bits per heavy atom. The number of nitrogens with one attached hydrogen (secondary N) is 1. The average Bonchev–Trinajstić information content (AvgIpc) is 2.87. The van der Waals surface area contributed by atoms with Gasteiger partial charge in [0.2, 0.25) is 0 Å². The molecule has 0 saturated carbocycles. The molecule has 0 fully saturated rings. The first-order valence-corrected chi connectivity index (χ1v) is 8.45. The molecule has 2 aromatic rings. The summed E-state index contributed by atoms with van der Waals surface area (Å²) in [4.78, 5) is 12.9. The highest BCUT2D eigenvalue weighted by molar-refractivity contribution is 9.11. The van der Waals surface area contributed by atoms with Crippen LogP contribution in [0.1, 0.15) is 17.4 Å². The third-order valence-electron chi connectivity index (χ3n) is 2.77. The summed E-state index contributed by atoms with van der Waals surface area (Å²) in [5.74, 6) is 0.305. The molecule has 1 N–H and O–H groups in total. The van der Waals surface area contributed by atoms with Crippen molar-refractivity contribution in [2.75, 3.05) is 0 Å². The number of rotatable bonds is 5. The molecule has 7 heteroatoms. The standard InChI is InChI=1S/C15H14BrClN2O2S/c1-9-7-11(17)3-5-13(9)21-10(2)15(20)19-18-8-12-4-6-14(16)22-12/h3-8,10H,1-2H3,(H,19,20)/b18-8+. The summed E-state index contributed by atoms with van der Waals surface area (Å²) in [7, 11) is 0. The molecule has 1 amide bonds. The normalized spacial score (nSPS) is 12.4. The third kappa shape index (κ3) is 4.83. The number of benzene rings is 1. The van der Waals surface area contributed by atoms with E-state index >= 15 is 0 Å². The Morgan fingerprint density at radius 1 is 1.45 bits per heavy atom. The van der Waals surface area contributed by atoms with Gasteiger partial charge in [-0.15, -0.1) is 11.3 Å². The zero-order valence-electron chi connectivity index (χ0n) is 12.0. The van der Waals surface area contributed by atoms with Gasteiger partial charge in [0.05, 0.1) is 10.0 Å². The molecule has 2 rings (SSSR count). The fourth-order valence-corrected chi connectivity index (χ4v) is 3.16. The smallest absolute Gasteiger partial charge is 0.280 e. The van der Waals surface area contributed by atoms with Crippen molar-refractivity contribution in [1.29, 1.82) is 0 Å². The number of carbonyl (C=O) groups is 1. The van der Waals surface area contributed by atoms with Crippen LogP contribution in [0.25, 0.3) is 0 Å². The lowest BCUT2D eigenvalue weighted by atomic mass is 10.2. The predicted octanol–water partition coefficient (Wildman–Crippen LogP) is 4.39. The fourth-order valence-electron chi connectivity index (χ4n) is 1.64. The van der Waals surface area contributed by atoms with E-state index < -0.39 is 6.10 Å².